The lowest BCUT2D eigenvalue weighted by atomic mass is 10.0. The first kappa shape index (κ1) is 36.7. The van der Waals surface area contributed by atoms with Gasteiger partial charge in [0, 0.05) is 22.5 Å². The number of thiazole rings is 1. The highest BCUT2D eigenvalue weighted by atomic mass is 79.9. The molecular formula is C38H37BrF3N5O5S. The van der Waals surface area contributed by atoms with Gasteiger partial charge in [-0.3, -0.25) is 14.4 Å². The number of carbonyl (C=O) groups excluding carboxylic acids is 3. The molecule has 3 aliphatic rings. The number of amides is 3. The van der Waals surface area contributed by atoms with Crippen LogP contribution in [0.15, 0.2) is 89.4 Å². The first-order chi connectivity index (χ1) is 25.5. The number of benzene rings is 3. The second kappa shape index (κ2) is 15.4. The number of hydroxylamine groups is 1. The number of nitrogens with zero attached hydrogens (tertiary/aromatic N) is 2. The third-order valence-corrected chi connectivity index (χ3v) is 11.2. The van der Waals surface area contributed by atoms with E-state index < -0.39 is 53.2 Å². The van der Waals surface area contributed by atoms with Crippen molar-refractivity contribution in [2.45, 2.75) is 74.8 Å². The van der Waals surface area contributed by atoms with E-state index in [1.54, 1.807) is 24.3 Å². The van der Waals surface area contributed by atoms with E-state index in [4.69, 9.17) is 9.57 Å². The largest absolute Gasteiger partial charge is 0.465 e. The number of hydrogen-bond acceptors (Lipinski definition) is 8. The number of aromatic nitrogens is 1. The van der Waals surface area contributed by atoms with Crippen LogP contribution in [0.3, 0.4) is 0 Å². The molecule has 53 heavy (non-hydrogen) atoms. The molecule has 1 aliphatic carbocycles. The van der Waals surface area contributed by atoms with Gasteiger partial charge in [-0.1, -0.05) is 76.5 Å². The lowest BCUT2D eigenvalue weighted by Gasteiger charge is -2.30. The summed E-state index contributed by atoms with van der Waals surface area (Å²) in [6.45, 7) is 0.0248. The highest BCUT2D eigenvalue weighted by molar-refractivity contribution is 9.10. The van der Waals surface area contributed by atoms with Gasteiger partial charge in [0.2, 0.25) is 11.8 Å². The van der Waals surface area contributed by atoms with Crippen molar-refractivity contribution in [1.82, 2.24) is 20.7 Å². The molecule has 3 amide bonds. The average molecular weight is 813 g/mol. The van der Waals surface area contributed by atoms with Crippen molar-refractivity contribution in [2.75, 3.05) is 11.9 Å². The molecule has 0 radical (unpaired) electrons. The molecule has 15 heteroatoms. The maximum atomic E-state index is 14.5. The fraction of sp³-hybridized carbons (Fsp3) is 0.368. The fourth-order valence-corrected chi connectivity index (χ4v) is 8.34. The SMILES string of the molecule is O=C1N[C@]2(C(=O)NOc3ccccc3)C[C@@H]2/C=C\CCCCC[C@H](Nc2cccc(C(F)(F)F)c2)C(=O)N2C[C@H](Oc3nc4ccc(Br)cc4s3)C[C@@H]12. The van der Waals surface area contributed by atoms with Gasteiger partial charge in [-0.05, 0) is 74.2 Å². The van der Waals surface area contributed by atoms with Gasteiger partial charge in [0.25, 0.3) is 11.1 Å². The number of alkyl halides is 3. The highest BCUT2D eigenvalue weighted by Crippen LogP contribution is 2.46. The molecular weight excluding hydrogens is 775 g/mol. The van der Waals surface area contributed by atoms with E-state index in [0.717, 1.165) is 46.1 Å². The Hall–Kier alpha value is -4.63. The molecule has 3 N–H and O–H groups in total. The van der Waals surface area contributed by atoms with Crippen molar-refractivity contribution in [1.29, 1.82) is 0 Å². The molecule has 0 spiro atoms. The molecule has 0 unspecified atom stereocenters. The molecule has 3 aromatic carbocycles. The first-order valence-corrected chi connectivity index (χ1v) is 19.1. The molecule has 0 bridgehead atoms. The van der Waals surface area contributed by atoms with Crippen molar-refractivity contribution in [3.63, 3.8) is 0 Å². The summed E-state index contributed by atoms with van der Waals surface area (Å²) in [5.41, 5.74) is 1.22. The Morgan fingerprint density at radius 3 is 2.68 bits per heavy atom. The van der Waals surface area contributed by atoms with Crippen molar-refractivity contribution < 1.29 is 37.1 Å². The van der Waals surface area contributed by atoms with Crippen LogP contribution in [0.1, 0.15) is 50.5 Å². The van der Waals surface area contributed by atoms with E-state index in [1.165, 1.54) is 28.4 Å². The Morgan fingerprint density at radius 2 is 1.87 bits per heavy atom. The minimum atomic E-state index is -4.56. The van der Waals surface area contributed by atoms with Crippen LogP contribution in [0.4, 0.5) is 18.9 Å². The molecule has 7 rings (SSSR count). The summed E-state index contributed by atoms with van der Waals surface area (Å²) in [4.78, 5) is 54.1. The van der Waals surface area contributed by atoms with Crippen molar-refractivity contribution >= 4 is 60.9 Å². The molecule has 278 valence electrons. The lowest BCUT2D eigenvalue weighted by Crippen LogP contribution is -2.57. The van der Waals surface area contributed by atoms with Gasteiger partial charge in [-0.15, -0.1) is 0 Å². The number of para-hydroxylation sites is 1. The summed E-state index contributed by atoms with van der Waals surface area (Å²) in [6.07, 6.45) is 2.41. The van der Waals surface area contributed by atoms with Gasteiger partial charge in [0.05, 0.1) is 22.3 Å². The molecule has 5 atom stereocenters. The Bertz CT molecular complexity index is 2010. The number of halogens is 4. The normalized spacial score (nSPS) is 25.6. The van der Waals surface area contributed by atoms with E-state index in [1.807, 2.05) is 36.4 Å². The number of carbonyl (C=O) groups is 3. The van der Waals surface area contributed by atoms with Crippen molar-refractivity contribution in [3.05, 3.63) is 95.0 Å². The average Bonchev–Trinajstić information content (AvgIpc) is 3.44. The fourth-order valence-electron chi connectivity index (χ4n) is 6.91. The molecule has 10 nitrogen and oxygen atoms in total. The quantitative estimate of drug-likeness (QED) is 0.131. The summed E-state index contributed by atoms with van der Waals surface area (Å²) in [5.74, 6) is -1.40. The zero-order valence-corrected chi connectivity index (χ0v) is 30.8. The van der Waals surface area contributed by atoms with Crippen LogP contribution in [-0.2, 0) is 20.6 Å². The van der Waals surface area contributed by atoms with Crippen LogP contribution in [0.5, 0.6) is 10.9 Å². The number of allylic oxidation sites excluding steroid dienone is 1. The number of rotatable bonds is 7. The smallest absolute Gasteiger partial charge is 0.416 e. The van der Waals surface area contributed by atoms with E-state index in [9.17, 15) is 27.6 Å². The molecule has 1 saturated carbocycles. The monoisotopic (exact) mass is 811 g/mol. The van der Waals surface area contributed by atoms with Gasteiger partial charge >= 0.3 is 6.18 Å². The van der Waals surface area contributed by atoms with E-state index >= 15 is 0 Å². The van der Waals surface area contributed by atoms with E-state index in [2.05, 4.69) is 37.0 Å². The third kappa shape index (κ3) is 8.46. The van der Waals surface area contributed by atoms with Crippen LogP contribution in [-0.4, -0.2) is 57.9 Å². The number of anilines is 1. The van der Waals surface area contributed by atoms with Crippen LogP contribution < -0.4 is 25.7 Å². The Kier molecular flexibility index (Phi) is 10.7. The first-order valence-electron chi connectivity index (χ1n) is 17.5. The number of fused-ring (bicyclic) bond motifs is 3. The molecule has 4 aromatic rings. The Morgan fingerprint density at radius 1 is 1.04 bits per heavy atom. The lowest BCUT2D eigenvalue weighted by molar-refractivity contribution is -0.141. The summed E-state index contributed by atoms with van der Waals surface area (Å²) in [5, 5.41) is 6.40. The molecule has 2 fully saturated rings. The van der Waals surface area contributed by atoms with Gasteiger partial charge in [0.1, 0.15) is 23.7 Å². The van der Waals surface area contributed by atoms with Crippen LogP contribution in [0.25, 0.3) is 10.2 Å². The predicted molar refractivity (Wildman–Crippen MR) is 197 cm³/mol. The Balaban J connectivity index is 1.17. The molecule has 1 saturated heterocycles. The van der Waals surface area contributed by atoms with E-state index in [-0.39, 0.29) is 24.6 Å². The van der Waals surface area contributed by atoms with Crippen molar-refractivity contribution in [3.8, 4) is 10.9 Å². The van der Waals surface area contributed by atoms with Gasteiger partial charge < -0.3 is 25.1 Å². The summed E-state index contributed by atoms with van der Waals surface area (Å²) < 4.78 is 48.9. The minimum absolute atomic E-state index is 0.0248. The summed E-state index contributed by atoms with van der Waals surface area (Å²) in [7, 11) is 0. The number of nitrogens with one attached hydrogen (secondary N) is 3. The zero-order chi connectivity index (χ0) is 37.2. The molecule has 3 heterocycles. The standard InChI is InChI=1S/C38H37BrF3N5O5S/c39-25-16-17-29-32(19-25)53-36(44-29)51-28-20-31-33(48)45-37(35(50)46-52-27-13-6-4-7-14-27)21-24(37)10-5-2-1-3-8-15-30(34(49)47(31)22-28)43-26-12-9-11-23(18-26)38(40,41)42/h4-7,9-14,16-19,24,28,30-31,43H,1-3,8,15,20-22H2,(H,45,48)(H,46,50)/b10-5-/t24-,28+,30-,31-,37+/m0/s1. The molecule has 1 aromatic heterocycles. The maximum Gasteiger partial charge on any atom is 0.416 e. The summed E-state index contributed by atoms with van der Waals surface area (Å²) >= 11 is 4.81. The highest BCUT2D eigenvalue weighted by Gasteiger charge is 2.61. The van der Waals surface area contributed by atoms with E-state index in [0.29, 0.717) is 30.2 Å². The topological polar surface area (TPSA) is 122 Å². The van der Waals surface area contributed by atoms with Gasteiger partial charge in [-0.25, -0.2) is 4.98 Å². The third-order valence-electron chi connectivity index (χ3n) is 9.78. The van der Waals surface area contributed by atoms with Gasteiger partial charge in [-0.2, -0.15) is 18.7 Å². The number of hydrogen-bond donors (Lipinski definition) is 3. The zero-order valence-electron chi connectivity index (χ0n) is 28.4. The summed E-state index contributed by atoms with van der Waals surface area (Å²) in [6, 6.07) is 17.1. The van der Waals surface area contributed by atoms with Gasteiger partial charge in [0.15, 0.2) is 5.75 Å². The predicted octanol–water partition coefficient (Wildman–Crippen LogP) is 7.41. The second-order valence-electron chi connectivity index (χ2n) is 13.5. The maximum absolute atomic E-state index is 14.5. The minimum Gasteiger partial charge on any atom is -0.465 e. The van der Waals surface area contributed by atoms with Crippen LogP contribution >= 0.6 is 27.3 Å². The van der Waals surface area contributed by atoms with Crippen molar-refractivity contribution in [2.24, 2.45) is 5.92 Å². The van der Waals surface area contributed by atoms with Crippen LogP contribution in [0, 0.1) is 5.92 Å². The molecule has 2 aliphatic heterocycles. The Labute approximate surface area is 316 Å². The number of ether oxygens (including phenoxy) is 1. The second-order valence-corrected chi connectivity index (χ2v) is 15.4. The van der Waals surface area contributed by atoms with Crippen LogP contribution in [0.2, 0.25) is 0 Å².